The molecule has 0 radical (unpaired) electrons. The normalized spacial score (nSPS) is 12.7. The lowest BCUT2D eigenvalue weighted by Gasteiger charge is -2.18. The van der Waals surface area contributed by atoms with Crippen molar-refractivity contribution in [3.8, 4) is 6.07 Å². The van der Waals surface area contributed by atoms with Gasteiger partial charge in [0.15, 0.2) is 0 Å². The lowest BCUT2D eigenvalue weighted by Crippen LogP contribution is -2.22. The Balaban J connectivity index is 2.25. The molecule has 0 saturated heterocycles. The molecule has 1 atom stereocenters. The molecule has 7 heteroatoms. The Kier molecular flexibility index (Phi) is 5.22. The molecule has 2 aromatic rings. The minimum absolute atomic E-state index is 0.0452. The maximum absolute atomic E-state index is 13.6. The van der Waals surface area contributed by atoms with Gasteiger partial charge in [0.1, 0.15) is 17.4 Å². The third-order valence-electron chi connectivity index (χ3n) is 3.66. The molecule has 0 aliphatic rings. The van der Waals surface area contributed by atoms with E-state index in [-0.39, 0.29) is 16.5 Å². The molecule has 5 nitrogen and oxygen atoms in total. The zero-order chi connectivity index (χ0) is 17.9. The van der Waals surface area contributed by atoms with Crippen molar-refractivity contribution in [1.82, 2.24) is 4.31 Å². The van der Waals surface area contributed by atoms with Crippen molar-refractivity contribution in [3.63, 3.8) is 0 Å². The van der Waals surface area contributed by atoms with E-state index in [2.05, 4.69) is 5.32 Å². The summed E-state index contributed by atoms with van der Waals surface area (Å²) in [7, 11) is -0.528. The van der Waals surface area contributed by atoms with Gasteiger partial charge in [-0.25, -0.2) is 17.1 Å². The lowest BCUT2D eigenvalue weighted by molar-refractivity contribution is 0.520. The van der Waals surface area contributed by atoms with Crippen molar-refractivity contribution < 1.29 is 12.8 Å². The third-order valence-corrected chi connectivity index (χ3v) is 5.49. The van der Waals surface area contributed by atoms with E-state index in [1.807, 2.05) is 13.0 Å². The Labute approximate surface area is 141 Å². The monoisotopic (exact) mass is 347 g/mol. The molecule has 1 N–H and O–H groups in total. The van der Waals surface area contributed by atoms with Crippen LogP contribution in [-0.2, 0) is 10.0 Å². The smallest absolute Gasteiger partial charge is 0.242 e. The molecule has 0 spiro atoms. The molecular weight excluding hydrogens is 329 g/mol. The third kappa shape index (κ3) is 3.55. The number of hydrogen-bond donors (Lipinski definition) is 1. The second-order valence-electron chi connectivity index (χ2n) is 5.50. The van der Waals surface area contributed by atoms with Gasteiger partial charge in [-0.05, 0) is 36.8 Å². The molecule has 2 rings (SSSR count). The van der Waals surface area contributed by atoms with Gasteiger partial charge in [-0.1, -0.05) is 18.2 Å². The van der Waals surface area contributed by atoms with E-state index < -0.39 is 15.8 Å². The number of hydrogen-bond acceptors (Lipinski definition) is 4. The number of benzene rings is 2. The van der Waals surface area contributed by atoms with E-state index in [0.717, 1.165) is 9.87 Å². The number of nitrogens with one attached hydrogen (secondary N) is 1. The summed E-state index contributed by atoms with van der Waals surface area (Å²) in [6.45, 7) is 1.85. The van der Waals surface area contributed by atoms with E-state index in [1.165, 1.54) is 38.4 Å². The molecule has 0 fully saturated rings. The molecule has 0 bridgehead atoms. The largest absolute Gasteiger partial charge is 0.377 e. The highest BCUT2D eigenvalue weighted by Crippen LogP contribution is 2.25. The van der Waals surface area contributed by atoms with Crippen LogP contribution in [0, 0.1) is 17.1 Å². The molecule has 0 aliphatic carbocycles. The van der Waals surface area contributed by atoms with Crippen LogP contribution in [0.15, 0.2) is 47.4 Å². The quantitative estimate of drug-likeness (QED) is 0.902. The first kappa shape index (κ1) is 17.9. The van der Waals surface area contributed by atoms with Crippen LogP contribution in [0.5, 0.6) is 0 Å². The number of anilines is 1. The van der Waals surface area contributed by atoms with Crippen molar-refractivity contribution in [3.05, 3.63) is 59.4 Å². The molecule has 2 aromatic carbocycles. The van der Waals surface area contributed by atoms with Crippen LogP contribution in [0.2, 0.25) is 0 Å². The number of nitriles is 1. The predicted molar refractivity (Wildman–Crippen MR) is 90.5 cm³/mol. The standard InChI is InChI=1S/C17H18FN3O2S/c1-12(20-17-6-4-5-16(18)15(17)11-19)13-7-9-14(10-8-13)24(22,23)21(2)3/h4-10,12,20H,1-3H3/t12-/m1/s1. The first-order chi connectivity index (χ1) is 11.3. The average Bonchev–Trinajstić information content (AvgIpc) is 2.55. The maximum atomic E-state index is 13.6. The van der Waals surface area contributed by atoms with Crippen molar-refractivity contribution in [2.75, 3.05) is 19.4 Å². The van der Waals surface area contributed by atoms with Crippen molar-refractivity contribution >= 4 is 15.7 Å². The molecule has 126 valence electrons. The van der Waals surface area contributed by atoms with Crippen molar-refractivity contribution in [2.45, 2.75) is 17.9 Å². The van der Waals surface area contributed by atoms with Crippen LogP contribution in [0.3, 0.4) is 0 Å². The van der Waals surface area contributed by atoms with Crippen LogP contribution in [-0.4, -0.2) is 26.8 Å². The summed E-state index contributed by atoms with van der Waals surface area (Å²) < 4.78 is 38.9. The summed E-state index contributed by atoms with van der Waals surface area (Å²) in [5.74, 6) is -0.581. The van der Waals surface area contributed by atoms with E-state index in [0.29, 0.717) is 5.69 Å². The van der Waals surface area contributed by atoms with Gasteiger partial charge in [-0.15, -0.1) is 0 Å². The van der Waals surface area contributed by atoms with Crippen LogP contribution in [0.25, 0.3) is 0 Å². The molecule has 0 aromatic heterocycles. The predicted octanol–water partition coefficient (Wildman–Crippen LogP) is 3.12. The Hall–Kier alpha value is -2.43. The van der Waals surface area contributed by atoms with Gasteiger partial charge in [0, 0.05) is 20.1 Å². The van der Waals surface area contributed by atoms with Gasteiger partial charge in [0.25, 0.3) is 0 Å². The molecule has 24 heavy (non-hydrogen) atoms. The van der Waals surface area contributed by atoms with Gasteiger partial charge in [0.2, 0.25) is 10.0 Å². The van der Waals surface area contributed by atoms with Gasteiger partial charge >= 0.3 is 0 Å². The first-order valence-corrected chi connectivity index (χ1v) is 8.69. The fourth-order valence-electron chi connectivity index (χ4n) is 2.21. The molecule has 0 unspecified atom stereocenters. The summed E-state index contributed by atoms with van der Waals surface area (Å²) in [6, 6.07) is 12.4. The van der Waals surface area contributed by atoms with E-state index in [4.69, 9.17) is 5.26 Å². The Morgan fingerprint density at radius 1 is 1.17 bits per heavy atom. The SMILES string of the molecule is C[C@@H](Nc1cccc(F)c1C#N)c1ccc(S(=O)(=O)N(C)C)cc1. The highest BCUT2D eigenvalue weighted by Gasteiger charge is 2.17. The zero-order valence-corrected chi connectivity index (χ0v) is 14.4. The average molecular weight is 347 g/mol. The van der Waals surface area contributed by atoms with Gasteiger partial charge in [-0.3, -0.25) is 0 Å². The molecular formula is C17H18FN3O2S. The number of halogens is 1. The van der Waals surface area contributed by atoms with Gasteiger partial charge in [-0.2, -0.15) is 5.26 Å². The second-order valence-corrected chi connectivity index (χ2v) is 7.65. The zero-order valence-electron chi connectivity index (χ0n) is 13.6. The Bertz CT molecular complexity index is 872. The summed E-state index contributed by atoms with van der Waals surface area (Å²) in [5, 5.41) is 12.1. The van der Waals surface area contributed by atoms with Crippen LogP contribution in [0.1, 0.15) is 24.1 Å². The summed E-state index contributed by atoms with van der Waals surface area (Å²) in [4.78, 5) is 0.201. The second kappa shape index (κ2) is 6.99. The highest BCUT2D eigenvalue weighted by molar-refractivity contribution is 7.89. The molecule has 0 aliphatic heterocycles. The van der Waals surface area contributed by atoms with Gasteiger partial charge in [0.05, 0.1) is 10.6 Å². The lowest BCUT2D eigenvalue weighted by atomic mass is 10.1. The fraction of sp³-hybridized carbons (Fsp3) is 0.235. The minimum Gasteiger partial charge on any atom is -0.377 e. The van der Waals surface area contributed by atoms with Crippen molar-refractivity contribution in [2.24, 2.45) is 0 Å². The topological polar surface area (TPSA) is 73.2 Å². The van der Waals surface area contributed by atoms with Crippen LogP contribution < -0.4 is 5.32 Å². The minimum atomic E-state index is -3.47. The maximum Gasteiger partial charge on any atom is 0.242 e. The summed E-state index contributed by atoms with van der Waals surface area (Å²) in [6.07, 6.45) is 0. The fourth-order valence-corrected chi connectivity index (χ4v) is 3.12. The van der Waals surface area contributed by atoms with Crippen molar-refractivity contribution in [1.29, 1.82) is 5.26 Å². The first-order valence-electron chi connectivity index (χ1n) is 7.25. The van der Waals surface area contributed by atoms with Gasteiger partial charge < -0.3 is 5.32 Å². The summed E-state index contributed by atoms with van der Waals surface area (Å²) >= 11 is 0. The Morgan fingerprint density at radius 3 is 2.33 bits per heavy atom. The molecule has 0 heterocycles. The molecule has 0 saturated carbocycles. The summed E-state index contributed by atoms with van der Waals surface area (Å²) in [5.41, 5.74) is 1.17. The van der Waals surface area contributed by atoms with E-state index in [9.17, 15) is 12.8 Å². The van der Waals surface area contributed by atoms with E-state index in [1.54, 1.807) is 18.2 Å². The highest BCUT2D eigenvalue weighted by atomic mass is 32.2. The van der Waals surface area contributed by atoms with E-state index >= 15 is 0 Å². The van der Waals surface area contributed by atoms with Crippen LogP contribution >= 0.6 is 0 Å². The van der Waals surface area contributed by atoms with Crippen LogP contribution in [0.4, 0.5) is 10.1 Å². The molecule has 0 amide bonds. The number of sulfonamides is 1. The Morgan fingerprint density at radius 2 is 1.79 bits per heavy atom. The number of nitrogens with zero attached hydrogens (tertiary/aromatic N) is 2. The number of rotatable bonds is 5.